The van der Waals surface area contributed by atoms with Crippen LogP contribution in [-0.2, 0) is 0 Å². The van der Waals surface area contributed by atoms with E-state index >= 15 is 0 Å². The van der Waals surface area contributed by atoms with Gasteiger partial charge in [-0.1, -0.05) is 50.1 Å². The molecular formula is C28H35F3O. The molecule has 174 valence electrons. The Morgan fingerprint density at radius 2 is 1.56 bits per heavy atom. The Kier molecular flexibility index (Phi) is 7.48. The minimum Gasteiger partial charge on any atom is -0.494 e. The summed E-state index contributed by atoms with van der Waals surface area (Å²) in [5.74, 6) is 1.53. The third-order valence-corrected chi connectivity index (χ3v) is 7.83. The Morgan fingerprint density at radius 3 is 2.22 bits per heavy atom. The highest BCUT2D eigenvalue weighted by Gasteiger charge is 2.34. The number of methoxy groups -OCH3 is 1. The summed E-state index contributed by atoms with van der Waals surface area (Å²) in [6.07, 6.45) is 12.4. The second-order valence-corrected chi connectivity index (χ2v) is 9.96. The SMILES string of the molecule is COc1ccc(C2CCC(/C=C/C3=CC=C(C4CCC(C)CC4)C(F)C3F)CC2)cc1F. The van der Waals surface area contributed by atoms with Gasteiger partial charge in [0, 0.05) is 0 Å². The molecular weight excluding hydrogens is 409 g/mol. The van der Waals surface area contributed by atoms with Crippen molar-refractivity contribution in [3.63, 3.8) is 0 Å². The fourth-order valence-electron chi connectivity index (χ4n) is 5.65. The lowest BCUT2D eigenvalue weighted by Gasteiger charge is -2.32. The van der Waals surface area contributed by atoms with Crippen molar-refractivity contribution in [3.8, 4) is 5.75 Å². The number of halogens is 3. The van der Waals surface area contributed by atoms with Crippen molar-refractivity contribution >= 4 is 0 Å². The Morgan fingerprint density at radius 1 is 0.875 bits per heavy atom. The van der Waals surface area contributed by atoms with Gasteiger partial charge in [-0.3, -0.25) is 0 Å². The van der Waals surface area contributed by atoms with Crippen LogP contribution in [-0.4, -0.2) is 19.5 Å². The van der Waals surface area contributed by atoms with E-state index in [0.29, 0.717) is 28.9 Å². The van der Waals surface area contributed by atoms with Crippen molar-refractivity contribution in [1.29, 1.82) is 0 Å². The fourth-order valence-corrected chi connectivity index (χ4v) is 5.65. The van der Waals surface area contributed by atoms with Crippen molar-refractivity contribution < 1.29 is 17.9 Å². The van der Waals surface area contributed by atoms with Gasteiger partial charge in [0.2, 0.25) is 0 Å². The normalized spacial score (nSPS) is 33.7. The Bertz CT molecular complexity index is 871. The second kappa shape index (κ2) is 10.3. The molecule has 4 rings (SSSR count). The first-order chi connectivity index (χ1) is 15.5. The van der Waals surface area contributed by atoms with Crippen LogP contribution in [0.15, 0.2) is 53.6 Å². The largest absolute Gasteiger partial charge is 0.494 e. The predicted molar refractivity (Wildman–Crippen MR) is 124 cm³/mol. The summed E-state index contributed by atoms with van der Waals surface area (Å²) in [5, 5.41) is 0. The van der Waals surface area contributed by atoms with Crippen molar-refractivity contribution in [3.05, 3.63) is 65.0 Å². The third-order valence-electron chi connectivity index (χ3n) is 7.83. The maximum atomic E-state index is 14.9. The Hall–Kier alpha value is -1.97. The second-order valence-electron chi connectivity index (χ2n) is 9.96. The van der Waals surface area contributed by atoms with E-state index in [4.69, 9.17) is 4.74 Å². The van der Waals surface area contributed by atoms with E-state index in [-0.39, 0.29) is 17.5 Å². The summed E-state index contributed by atoms with van der Waals surface area (Å²) < 4.78 is 48.8. The summed E-state index contributed by atoms with van der Waals surface area (Å²) >= 11 is 0. The summed E-state index contributed by atoms with van der Waals surface area (Å²) in [6, 6.07) is 5.22. The highest BCUT2D eigenvalue weighted by molar-refractivity contribution is 5.39. The van der Waals surface area contributed by atoms with Crippen LogP contribution >= 0.6 is 0 Å². The van der Waals surface area contributed by atoms with Crippen LogP contribution in [0.1, 0.15) is 69.8 Å². The molecule has 1 aromatic rings. The molecule has 3 aliphatic rings. The van der Waals surface area contributed by atoms with Gasteiger partial charge in [-0.25, -0.2) is 13.2 Å². The molecule has 0 bridgehead atoms. The van der Waals surface area contributed by atoms with E-state index < -0.39 is 12.3 Å². The highest BCUT2D eigenvalue weighted by Crippen LogP contribution is 2.40. The number of ether oxygens (including phenoxy) is 1. The molecule has 0 radical (unpaired) electrons. The minimum absolute atomic E-state index is 0.194. The van der Waals surface area contributed by atoms with Crippen LogP contribution < -0.4 is 4.74 Å². The smallest absolute Gasteiger partial charge is 0.165 e. The van der Waals surface area contributed by atoms with Gasteiger partial charge in [0.15, 0.2) is 23.9 Å². The molecule has 0 heterocycles. The van der Waals surface area contributed by atoms with Gasteiger partial charge in [0.25, 0.3) is 0 Å². The van der Waals surface area contributed by atoms with Crippen molar-refractivity contribution in [2.45, 2.75) is 76.6 Å². The maximum Gasteiger partial charge on any atom is 0.165 e. The maximum absolute atomic E-state index is 14.9. The average Bonchev–Trinajstić information content (AvgIpc) is 2.81. The van der Waals surface area contributed by atoms with Crippen LogP contribution in [0, 0.1) is 23.6 Å². The zero-order chi connectivity index (χ0) is 22.7. The lowest BCUT2D eigenvalue weighted by molar-refractivity contribution is 0.198. The first kappa shape index (κ1) is 23.2. The Balaban J connectivity index is 1.34. The standard InChI is InChI=1S/C28H35F3O/c1-18-3-8-21(9-4-18)24-15-13-22(27(30)28(24)31)12-7-19-5-10-20(11-6-19)23-14-16-26(32-2)25(29)17-23/h7,12-21,27-28H,3-6,8-11H2,1-2H3/b12-7+. The Labute approximate surface area is 190 Å². The monoisotopic (exact) mass is 444 g/mol. The molecule has 1 aromatic carbocycles. The summed E-state index contributed by atoms with van der Waals surface area (Å²) in [6.45, 7) is 2.24. The summed E-state index contributed by atoms with van der Waals surface area (Å²) in [4.78, 5) is 0. The summed E-state index contributed by atoms with van der Waals surface area (Å²) in [5.41, 5.74) is 2.12. The van der Waals surface area contributed by atoms with Crippen LogP contribution in [0.2, 0.25) is 0 Å². The van der Waals surface area contributed by atoms with Crippen molar-refractivity contribution in [2.75, 3.05) is 7.11 Å². The molecule has 0 N–H and O–H groups in total. The molecule has 3 aliphatic carbocycles. The molecule has 32 heavy (non-hydrogen) atoms. The number of rotatable bonds is 5. The van der Waals surface area contributed by atoms with Crippen LogP contribution in [0.4, 0.5) is 13.2 Å². The van der Waals surface area contributed by atoms with E-state index in [1.54, 1.807) is 24.3 Å². The van der Waals surface area contributed by atoms with E-state index in [2.05, 4.69) is 13.0 Å². The van der Waals surface area contributed by atoms with Gasteiger partial charge >= 0.3 is 0 Å². The topological polar surface area (TPSA) is 9.23 Å². The lowest BCUT2D eigenvalue weighted by atomic mass is 9.75. The van der Waals surface area contributed by atoms with E-state index in [9.17, 15) is 13.2 Å². The predicted octanol–water partition coefficient (Wildman–Crippen LogP) is 8.03. The van der Waals surface area contributed by atoms with Gasteiger partial charge < -0.3 is 4.74 Å². The molecule has 2 fully saturated rings. The molecule has 2 atom stereocenters. The molecule has 0 aliphatic heterocycles. The number of alkyl halides is 2. The zero-order valence-electron chi connectivity index (χ0n) is 19.2. The third kappa shape index (κ3) is 5.15. The zero-order valence-corrected chi connectivity index (χ0v) is 19.2. The molecule has 4 heteroatoms. The lowest BCUT2D eigenvalue weighted by Crippen LogP contribution is -2.29. The van der Waals surface area contributed by atoms with Gasteiger partial charge in [-0.2, -0.15) is 0 Å². The first-order valence-electron chi connectivity index (χ1n) is 12.2. The molecule has 1 nitrogen and oxygen atoms in total. The van der Waals surface area contributed by atoms with Gasteiger partial charge in [-0.05, 0) is 91.0 Å². The summed E-state index contributed by atoms with van der Waals surface area (Å²) in [7, 11) is 1.47. The van der Waals surface area contributed by atoms with E-state index in [1.807, 2.05) is 12.1 Å². The highest BCUT2D eigenvalue weighted by atomic mass is 19.2. The van der Waals surface area contributed by atoms with Gasteiger partial charge in [0.05, 0.1) is 7.11 Å². The van der Waals surface area contributed by atoms with Gasteiger partial charge in [0.1, 0.15) is 0 Å². The molecule has 0 saturated heterocycles. The average molecular weight is 445 g/mol. The van der Waals surface area contributed by atoms with Crippen molar-refractivity contribution in [2.24, 2.45) is 17.8 Å². The molecule has 0 aromatic heterocycles. The van der Waals surface area contributed by atoms with Crippen LogP contribution in [0.5, 0.6) is 5.75 Å². The van der Waals surface area contributed by atoms with Gasteiger partial charge in [-0.15, -0.1) is 0 Å². The number of benzene rings is 1. The van der Waals surface area contributed by atoms with Crippen LogP contribution in [0.25, 0.3) is 0 Å². The number of hydrogen-bond acceptors (Lipinski definition) is 1. The number of hydrogen-bond donors (Lipinski definition) is 0. The van der Waals surface area contributed by atoms with Crippen molar-refractivity contribution in [1.82, 2.24) is 0 Å². The number of allylic oxidation sites excluding steroid dienone is 6. The molecule has 0 amide bonds. The van der Waals surface area contributed by atoms with E-state index in [0.717, 1.165) is 56.9 Å². The van der Waals surface area contributed by atoms with E-state index in [1.165, 1.54) is 7.11 Å². The molecule has 2 saturated carbocycles. The molecule has 2 unspecified atom stereocenters. The first-order valence-corrected chi connectivity index (χ1v) is 12.2. The van der Waals surface area contributed by atoms with Crippen LogP contribution in [0.3, 0.4) is 0 Å². The fraction of sp³-hybridized carbons (Fsp3) is 0.571. The molecule has 0 spiro atoms. The quantitative estimate of drug-likeness (QED) is 0.447. The minimum atomic E-state index is -1.57.